The van der Waals surface area contributed by atoms with Gasteiger partial charge >= 0.3 is 22.1 Å². The third kappa shape index (κ3) is 3.64. The summed E-state index contributed by atoms with van der Waals surface area (Å²) in [5, 5.41) is 17.9. The van der Waals surface area contributed by atoms with Gasteiger partial charge in [0.1, 0.15) is 16.5 Å². The summed E-state index contributed by atoms with van der Waals surface area (Å²) in [6.45, 7) is 0. The summed E-state index contributed by atoms with van der Waals surface area (Å²) in [6.07, 6.45) is 0. The van der Waals surface area contributed by atoms with Crippen molar-refractivity contribution in [2.75, 3.05) is 0 Å². The predicted molar refractivity (Wildman–Crippen MR) is 74.6 cm³/mol. The van der Waals surface area contributed by atoms with E-state index in [1.54, 1.807) is 0 Å². The van der Waals surface area contributed by atoms with Crippen molar-refractivity contribution < 1.29 is 36.8 Å². The van der Waals surface area contributed by atoms with Crippen molar-refractivity contribution >= 4 is 22.1 Å². The van der Waals surface area contributed by atoms with Gasteiger partial charge in [-0.3, -0.25) is 0 Å². The Morgan fingerprint density at radius 1 is 0.913 bits per heavy atom. The maximum absolute atomic E-state index is 12.8. The van der Waals surface area contributed by atoms with E-state index in [4.69, 9.17) is 14.4 Å². The van der Waals surface area contributed by atoms with E-state index < -0.39 is 39.0 Å². The summed E-state index contributed by atoms with van der Waals surface area (Å²) in [4.78, 5) is 21.6. The van der Waals surface area contributed by atoms with Crippen LogP contribution < -0.4 is 4.18 Å². The summed E-state index contributed by atoms with van der Waals surface area (Å²) in [5.41, 5.74) is -1.13. The third-order valence-electron chi connectivity index (χ3n) is 2.76. The van der Waals surface area contributed by atoms with E-state index in [-0.39, 0.29) is 10.6 Å². The Balaban J connectivity index is 2.40. The number of hydrogen-bond donors (Lipinski definition) is 2. The molecule has 0 bridgehead atoms. The molecule has 0 radical (unpaired) electrons. The standard InChI is InChI=1S/C14H9FO7S/c15-8-1-4-10(5-2-8)23(20,21)22-9-3-6-11(13(16)17)12(7-9)14(18)19/h1-7H,(H,16,17)(H,18,19). The van der Waals surface area contributed by atoms with Crippen LogP contribution in [0.25, 0.3) is 0 Å². The fourth-order valence-corrected chi connectivity index (χ4v) is 2.64. The largest absolute Gasteiger partial charge is 0.478 e. The molecular weight excluding hydrogens is 331 g/mol. The molecule has 2 N–H and O–H groups in total. The third-order valence-corrected chi connectivity index (χ3v) is 4.02. The zero-order valence-corrected chi connectivity index (χ0v) is 12.1. The van der Waals surface area contributed by atoms with Crippen LogP contribution in [0.4, 0.5) is 4.39 Å². The lowest BCUT2D eigenvalue weighted by Crippen LogP contribution is -2.12. The van der Waals surface area contributed by atoms with Gasteiger partial charge in [-0.25, -0.2) is 14.0 Å². The van der Waals surface area contributed by atoms with Crippen molar-refractivity contribution in [1.29, 1.82) is 0 Å². The molecule has 7 nitrogen and oxygen atoms in total. The molecule has 0 saturated carbocycles. The summed E-state index contributed by atoms with van der Waals surface area (Å²) in [6, 6.07) is 6.52. The van der Waals surface area contributed by atoms with Gasteiger partial charge in [0, 0.05) is 0 Å². The highest BCUT2D eigenvalue weighted by Crippen LogP contribution is 2.22. The first-order valence-corrected chi connectivity index (χ1v) is 7.42. The maximum atomic E-state index is 12.8. The molecule has 2 aromatic rings. The van der Waals surface area contributed by atoms with Crippen molar-refractivity contribution in [3.8, 4) is 5.75 Å². The molecule has 0 saturated heterocycles. The van der Waals surface area contributed by atoms with Gasteiger partial charge in [-0.05, 0) is 42.5 Å². The molecule has 0 heterocycles. The number of carbonyl (C=O) groups is 2. The fraction of sp³-hybridized carbons (Fsp3) is 0. The van der Waals surface area contributed by atoms with Crippen molar-refractivity contribution in [1.82, 2.24) is 0 Å². The molecule has 0 fully saturated rings. The average molecular weight is 340 g/mol. The Hall–Kier alpha value is -2.94. The molecule has 120 valence electrons. The van der Waals surface area contributed by atoms with E-state index >= 15 is 0 Å². The highest BCUT2D eigenvalue weighted by Gasteiger charge is 2.21. The second-order valence-corrected chi connectivity index (χ2v) is 5.86. The van der Waals surface area contributed by atoms with E-state index in [0.29, 0.717) is 0 Å². The van der Waals surface area contributed by atoms with Crippen LogP contribution in [0.1, 0.15) is 20.7 Å². The van der Waals surface area contributed by atoms with Gasteiger partial charge in [-0.1, -0.05) is 0 Å². The fourth-order valence-electron chi connectivity index (χ4n) is 1.71. The SMILES string of the molecule is O=C(O)c1ccc(OS(=O)(=O)c2ccc(F)cc2)cc1C(=O)O. The number of hydrogen-bond acceptors (Lipinski definition) is 5. The first-order chi connectivity index (χ1) is 10.7. The predicted octanol–water partition coefficient (Wildman–Crippen LogP) is 1.99. The summed E-state index contributed by atoms with van der Waals surface area (Å²) in [5.74, 6) is -4.04. The molecule has 0 amide bonds. The number of benzene rings is 2. The van der Waals surface area contributed by atoms with E-state index in [0.717, 1.165) is 42.5 Å². The van der Waals surface area contributed by atoms with Crippen LogP contribution in [0.15, 0.2) is 47.4 Å². The Morgan fingerprint density at radius 3 is 2.00 bits per heavy atom. The second kappa shape index (κ2) is 6.05. The van der Waals surface area contributed by atoms with Gasteiger partial charge in [-0.15, -0.1) is 0 Å². The molecule has 0 aliphatic heterocycles. The molecule has 9 heteroatoms. The normalized spacial score (nSPS) is 11.0. The summed E-state index contributed by atoms with van der Waals surface area (Å²) >= 11 is 0. The van der Waals surface area contributed by atoms with Gasteiger partial charge in [-0.2, -0.15) is 8.42 Å². The average Bonchev–Trinajstić information content (AvgIpc) is 2.46. The van der Waals surface area contributed by atoms with Crippen molar-refractivity contribution in [2.24, 2.45) is 0 Å². The smallest absolute Gasteiger partial charge is 0.339 e. The Labute approximate surface area is 129 Å². The number of carboxylic acids is 2. The first-order valence-electron chi connectivity index (χ1n) is 6.01. The van der Waals surface area contributed by atoms with E-state index in [1.807, 2.05) is 0 Å². The van der Waals surface area contributed by atoms with Crippen LogP contribution in [0.2, 0.25) is 0 Å². The second-order valence-electron chi connectivity index (χ2n) is 4.31. The van der Waals surface area contributed by atoms with E-state index in [2.05, 4.69) is 0 Å². The molecule has 23 heavy (non-hydrogen) atoms. The number of aromatic carboxylic acids is 2. The summed E-state index contributed by atoms with van der Waals surface area (Å²) < 4.78 is 41.6. The molecule has 2 rings (SSSR count). The van der Waals surface area contributed by atoms with Crippen LogP contribution in [0.3, 0.4) is 0 Å². The molecule has 0 unspecified atom stereocenters. The zero-order valence-electron chi connectivity index (χ0n) is 11.3. The van der Waals surface area contributed by atoms with Crippen LogP contribution in [0.5, 0.6) is 5.75 Å². The molecule has 0 aromatic heterocycles. The van der Waals surface area contributed by atoms with Crippen LogP contribution >= 0.6 is 0 Å². The molecule has 0 atom stereocenters. The minimum Gasteiger partial charge on any atom is -0.478 e. The molecule has 2 aromatic carbocycles. The van der Waals surface area contributed by atoms with E-state index in [1.165, 1.54) is 0 Å². The highest BCUT2D eigenvalue weighted by molar-refractivity contribution is 7.87. The molecule has 0 aliphatic carbocycles. The topological polar surface area (TPSA) is 118 Å². The summed E-state index contributed by atoms with van der Waals surface area (Å²) in [7, 11) is -4.31. The lowest BCUT2D eigenvalue weighted by Gasteiger charge is -2.09. The lowest BCUT2D eigenvalue weighted by atomic mass is 10.1. The molecule has 0 spiro atoms. The minimum absolute atomic E-state index is 0.335. The minimum atomic E-state index is -4.31. The van der Waals surface area contributed by atoms with Crippen molar-refractivity contribution in [3.63, 3.8) is 0 Å². The maximum Gasteiger partial charge on any atom is 0.339 e. The number of carboxylic acid groups (broad SMARTS) is 2. The number of rotatable bonds is 5. The Bertz CT molecular complexity index is 872. The van der Waals surface area contributed by atoms with Gasteiger partial charge in [0.15, 0.2) is 0 Å². The van der Waals surface area contributed by atoms with Gasteiger partial charge in [0.25, 0.3) is 0 Å². The Kier molecular flexibility index (Phi) is 4.32. The first kappa shape index (κ1) is 16.4. The van der Waals surface area contributed by atoms with Gasteiger partial charge in [0.2, 0.25) is 0 Å². The van der Waals surface area contributed by atoms with Gasteiger partial charge < -0.3 is 14.4 Å². The van der Waals surface area contributed by atoms with Gasteiger partial charge in [0.05, 0.1) is 11.1 Å². The van der Waals surface area contributed by atoms with Crippen LogP contribution in [-0.2, 0) is 10.1 Å². The zero-order chi connectivity index (χ0) is 17.2. The molecule has 0 aliphatic rings. The Morgan fingerprint density at radius 2 is 1.48 bits per heavy atom. The van der Waals surface area contributed by atoms with Crippen molar-refractivity contribution in [3.05, 3.63) is 59.4 Å². The lowest BCUT2D eigenvalue weighted by molar-refractivity contribution is 0.0651. The van der Waals surface area contributed by atoms with Crippen molar-refractivity contribution in [2.45, 2.75) is 4.90 Å². The number of halogens is 1. The van der Waals surface area contributed by atoms with E-state index in [9.17, 15) is 22.4 Å². The highest BCUT2D eigenvalue weighted by atomic mass is 32.2. The van der Waals surface area contributed by atoms with Crippen LogP contribution in [0, 0.1) is 5.82 Å². The monoisotopic (exact) mass is 340 g/mol. The quantitative estimate of drug-likeness (QED) is 0.799. The molecular formula is C14H9FO7S. The van der Waals surface area contributed by atoms with Crippen LogP contribution in [-0.4, -0.2) is 30.6 Å².